The number of nitrogens with zero attached hydrogens (tertiary/aromatic N) is 1. The Labute approximate surface area is 85.3 Å². The molecule has 0 saturated carbocycles. The molecule has 0 bridgehead atoms. The predicted molar refractivity (Wildman–Crippen MR) is 57.1 cm³/mol. The Morgan fingerprint density at radius 1 is 1.50 bits per heavy atom. The topological polar surface area (TPSA) is 44.4 Å². The molecule has 0 aliphatic carbocycles. The van der Waals surface area contributed by atoms with Gasteiger partial charge in [-0.2, -0.15) is 0 Å². The Balaban J connectivity index is 2.20. The highest BCUT2D eigenvalue weighted by Gasteiger charge is 2.11. The maximum atomic E-state index is 11.4. The highest BCUT2D eigenvalue weighted by Crippen LogP contribution is 1.94. The molecule has 1 fully saturated rings. The standard InChI is InChI=1S/C10H19N3O/c1-2-4-12-10(14)9-13-7-3-5-11-6-8-13/h2,11H,1,3-9H2,(H,12,14). The van der Waals surface area contributed by atoms with Crippen LogP contribution in [-0.2, 0) is 4.79 Å². The minimum absolute atomic E-state index is 0.0896. The molecule has 0 unspecified atom stereocenters. The van der Waals surface area contributed by atoms with Crippen molar-refractivity contribution in [3.8, 4) is 0 Å². The van der Waals surface area contributed by atoms with Crippen LogP contribution < -0.4 is 10.6 Å². The van der Waals surface area contributed by atoms with Crippen molar-refractivity contribution in [1.82, 2.24) is 15.5 Å². The first-order valence-electron chi connectivity index (χ1n) is 5.13. The van der Waals surface area contributed by atoms with Gasteiger partial charge in [-0.3, -0.25) is 9.69 Å². The third-order valence-corrected chi connectivity index (χ3v) is 2.24. The van der Waals surface area contributed by atoms with Gasteiger partial charge in [-0.15, -0.1) is 6.58 Å². The molecule has 4 heteroatoms. The van der Waals surface area contributed by atoms with Crippen molar-refractivity contribution in [2.24, 2.45) is 0 Å². The molecule has 1 aliphatic heterocycles. The van der Waals surface area contributed by atoms with Gasteiger partial charge in [-0.05, 0) is 19.5 Å². The van der Waals surface area contributed by atoms with E-state index >= 15 is 0 Å². The van der Waals surface area contributed by atoms with E-state index in [0.717, 1.165) is 32.6 Å². The molecule has 2 N–H and O–H groups in total. The molecule has 0 spiro atoms. The minimum Gasteiger partial charge on any atom is -0.352 e. The van der Waals surface area contributed by atoms with Crippen LogP contribution in [0.5, 0.6) is 0 Å². The largest absolute Gasteiger partial charge is 0.352 e. The summed E-state index contributed by atoms with van der Waals surface area (Å²) in [4.78, 5) is 13.5. The lowest BCUT2D eigenvalue weighted by atomic mass is 10.4. The smallest absolute Gasteiger partial charge is 0.234 e. The molecule has 4 nitrogen and oxygen atoms in total. The number of hydrogen-bond acceptors (Lipinski definition) is 3. The van der Waals surface area contributed by atoms with E-state index in [9.17, 15) is 4.79 Å². The zero-order valence-electron chi connectivity index (χ0n) is 8.59. The van der Waals surface area contributed by atoms with E-state index in [-0.39, 0.29) is 5.91 Å². The second-order valence-corrected chi connectivity index (χ2v) is 3.47. The molecule has 80 valence electrons. The lowest BCUT2D eigenvalue weighted by Crippen LogP contribution is -2.38. The molecule has 0 aromatic carbocycles. The maximum Gasteiger partial charge on any atom is 0.234 e. The molecule has 0 aromatic rings. The fourth-order valence-electron chi connectivity index (χ4n) is 1.50. The van der Waals surface area contributed by atoms with Gasteiger partial charge in [0.15, 0.2) is 0 Å². The number of carbonyl (C=O) groups is 1. The van der Waals surface area contributed by atoms with Gasteiger partial charge in [0.25, 0.3) is 0 Å². The molecular weight excluding hydrogens is 178 g/mol. The summed E-state index contributed by atoms with van der Waals surface area (Å²) in [6.45, 7) is 8.64. The van der Waals surface area contributed by atoms with Crippen LogP contribution in [0.2, 0.25) is 0 Å². The predicted octanol–water partition coefficient (Wildman–Crippen LogP) is -0.416. The van der Waals surface area contributed by atoms with Crippen molar-refractivity contribution in [3.05, 3.63) is 12.7 Å². The summed E-state index contributed by atoms with van der Waals surface area (Å²) < 4.78 is 0. The summed E-state index contributed by atoms with van der Waals surface area (Å²) in [7, 11) is 0. The molecule has 1 rings (SSSR count). The van der Waals surface area contributed by atoms with Crippen LogP contribution in [-0.4, -0.2) is 50.1 Å². The zero-order chi connectivity index (χ0) is 10.2. The summed E-state index contributed by atoms with van der Waals surface area (Å²) in [6.07, 6.45) is 2.82. The van der Waals surface area contributed by atoms with Gasteiger partial charge < -0.3 is 10.6 Å². The molecule has 0 radical (unpaired) electrons. The summed E-state index contributed by atoms with van der Waals surface area (Å²) in [5.41, 5.74) is 0. The number of carbonyl (C=O) groups excluding carboxylic acids is 1. The van der Waals surface area contributed by atoms with Crippen LogP contribution in [0.4, 0.5) is 0 Å². The van der Waals surface area contributed by atoms with E-state index in [0.29, 0.717) is 13.1 Å². The quantitative estimate of drug-likeness (QED) is 0.602. The second kappa shape index (κ2) is 6.56. The van der Waals surface area contributed by atoms with E-state index in [4.69, 9.17) is 0 Å². The van der Waals surface area contributed by atoms with E-state index < -0.39 is 0 Å². The van der Waals surface area contributed by atoms with Crippen molar-refractivity contribution in [3.63, 3.8) is 0 Å². The van der Waals surface area contributed by atoms with Crippen LogP contribution in [0, 0.1) is 0 Å². The minimum atomic E-state index is 0.0896. The van der Waals surface area contributed by atoms with Crippen LogP contribution in [0.15, 0.2) is 12.7 Å². The van der Waals surface area contributed by atoms with Crippen LogP contribution in [0.25, 0.3) is 0 Å². The number of nitrogens with one attached hydrogen (secondary N) is 2. The van der Waals surface area contributed by atoms with Gasteiger partial charge in [0.2, 0.25) is 5.91 Å². The van der Waals surface area contributed by atoms with Crippen molar-refractivity contribution in [2.45, 2.75) is 6.42 Å². The Morgan fingerprint density at radius 3 is 3.14 bits per heavy atom. The van der Waals surface area contributed by atoms with Crippen molar-refractivity contribution >= 4 is 5.91 Å². The fourth-order valence-corrected chi connectivity index (χ4v) is 1.50. The van der Waals surface area contributed by atoms with E-state index in [2.05, 4.69) is 22.1 Å². The maximum absolute atomic E-state index is 11.4. The SMILES string of the molecule is C=CCNC(=O)CN1CCCNCC1. The third kappa shape index (κ3) is 4.39. The highest BCUT2D eigenvalue weighted by molar-refractivity contribution is 5.78. The van der Waals surface area contributed by atoms with E-state index in [1.54, 1.807) is 6.08 Å². The summed E-state index contributed by atoms with van der Waals surface area (Å²) in [6, 6.07) is 0. The van der Waals surface area contributed by atoms with Gasteiger partial charge in [-0.25, -0.2) is 0 Å². The highest BCUT2D eigenvalue weighted by atomic mass is 16.2. The molecule has 1 saturated heterocycles. The number of rotatable bonds is 4. The number of hydrogen-bond donors (Lipinski definition) is 2. The zero-order valence-corrected chi connectivity index (χ0v) is 8.59. The molecule has 1 amide bonds. The van der Waals surface area contributed by atoms with Gasteiger partial charge in [0.05, 0.1) is 6.54 Å². The molecule has 0 atom stereocenters. The summed E-state index contributed by atoms with van der Waals surface area (Å²) in [5, 5.41) is 6.09. The second-order valence-electron chi connectivity index (χ2n) is 3.47. The van der Waals surface area contributed by atoms with E-state index in [1.807, 2.05) is 0 Å². The summed E-state index contributed by atoms with van der Waals surface area (Å²) in [5.74, 6) is 0.0896. The third-order valence-electron chi connectivity index (χ3n) is 2.24. The molecule has 1 heterocycles. The van der Waals surface area contributed by atoms with Gasteiger partial charge in [0, 0.05) is 19.6 Å². The molecular formula is C10H19N3O. The first-order valence-corrected chi connectivity index (χ1v) is 5.13. The molecule has 0 aromatic heterocycles. The molecule has 1 aliphatic rings. The Bertz CT molecular complexity index is 186. The first kappa shape index (κ1) is 11.2. The average molecular weight is 197 g/mol. The fraction of sp³-hybridized carbons (Fsp3) is 0.700. The Kier molecular flexibility index (Phi) is 5.25. The Hall–Kier alpha value is -0.870. The lowest BCUT2D eigenvalue weighted by Gasteiger charge is -2.18. The monoisotopic (exact) mass is 197 g/mol. The van der Waals surface area contributed by atoms with Crippen LogP contribution in [0.1, 0.15) is 6.42 Å². The van der Waals surface area contributed by atoms with Crippen molar-refractivity contribution in [1.29, 1.82) is 0 Å². The average Bonchev–Trinajstić information content (AvgIpc) is 2.43. The van der Waals surface area contributed by atoms with Crippen molar-refractivity contribution in [2.75, 3.05) is 39.3 Å². The lowest BCUT2D eigenvalue weighted by molar-refractivity contribution is -0.122. The van der Waals surface area contributed by atoms with Crippen LogP contribution >= 0.6 is 0 Å². The number of amides is 1. The van der Waals surface area contributed by atoms with E-state index in [1.165, 1.54) is 0 Å². The Morgan fingerprint density at radius 2 is 2.36 bits per heavy atom. The van der Waals surface area contributed by atoms with Crippen LogP contribution in [0.3, 0.4) is 0 Å². The first-order chi connectivity index (χ1) is 6.83. The normalized spacial score (nSPS) is 18.6. The van der Waals surface area contributed by atoms with Gasteiger partial charge >= 0.3 is 0 Å². The van der Waals surface area contributed by atoms with Gasteiger partial charge in [-0.1, -0.05) is 6.08 Å². The van der Waals surface area contributed by atoms with Gasteiger partial charge in [0.1, 0.15) is 0 Å². The molecule has 14 heavy (non-hydrogen) atoms. The van der Waals surface area contributed by atoms with Crippen molar-refractivity contribution < 1.29 is 4.79 Å². The summed E-state index contributed by atoms with van der Waals surface area (Å²) >= 11 is 0.